The Kier molecular flexibility index (Phi) is 3.95. The van der Waals surface area contributed by atoms with Crippen molar-refractivity contribution in [2.75, 3.05) is 18.8 Å². The average molecular weight is 299 g/mol. The summed E-state index contributed by atoms with van der Waals surface area (Å²) in [6, 6.07) is 3.74. The molecule has 0 radical (unpaired) electrons. The fourth-order valence-electron chi connectivity index (χ4n) is 2.36. The van der Waals surface area contributed by atoms with Crippen LogP contribution in [0.15, 0.2) is 16.5 Å². The Bertz CT molecular complexity index is 600. The summed E-state index contributed by atoms with van der Waals surface area (Å²) >= 11 is 0. The van der Waals surface area contributed by atoms with Crippen LogP contribution in [0, 0.1) is 6.92 Å². The highest BCUT2D eigenvalue weighted by Crippen LogP contribution is 2.24. The van der Waals surface area contributed by atoms with Crippen molar-refractivity contribution in [2.24, 2.45) is 0 Å². The molecule has 0 saturated carbocycles. The van der Waals surface area contributed by atoms with E-state index in [-0.39, 0.29) is 18.2 Å². The molecule has 1 aliphatic heterocycles. The second-order valence-corrected chi connectivity index (χ2v) is 8.65. The van der Waals surface area contributed by atoms with Crippen LogP contribution in [0.4, 0.5) is 0 Å². The summed E-state index contributed by atoms with van der Waals surface area (Å²) in [5.74, 6) is 1.66. The lowest BCUT2D eigenvalue weighted by Crippen LogP contribution is -2.54. The van der Waals surface area contributed by atoms with E-state index in [2.05, 4.69) is 0 Å². The number of carbonyl (C=O) groups excluding carboxylic acids is 1. The fourth-order valence-corrected chi connectivity index (χ4v) is 3.73. The van der Waals surface area contributed by atoms with Gasteiger partial charge in [-0.15, -0.1) is 0 Å². The highest BCUT2D eigenvalue weighted by Gasteiger charge is 2.41. The Morgan fingerprint density at radius 3 is 2.65 bits per heavy atom. The van der Waals surface area contributed by atoms with Crippen LogP contribution in [0.2, 0.25) is 0 Å². The monoisotopic (exact) mass is 299 g/mol. The molecule has 1 aliphatic rings. The molecule has 2 heterocycles. The Morgan fingerprint density at radius 2 is 2.10 bits per heavy atom. The van der Waals surface area contributed by atoms with Crippen molar-refractivity contribution in [1.29, 1.82) is 0 Å². The van der Waals surface area contributed by atoms with Crippen LogP contribution in [-0.2, 0) is 21.1 Å². The Hall–Kier alpha value is -1.30. The van der Waals surface area contributed by atoms with E-state index in [1.165, 1.54) is 0 Å². The molecule has 1 amide bonds. The minimum Gasteiger partial charge on any atom is -0.466 e. The predicted octanol–water partition coefficient (Wildman–Crippen LogP) is 1.56. The number of hydrogen-bond donors (Lipinski definition) is 0. The molecular formula is C14H21NO4S. The first kappa shape index (κ1) is 15.1. The van der Waals surface area contributed by atoms with E-state index < -0.39 is 14.6 Å². The van der Waals surface area contributed by atoms with Crippen LogP contribution >= 0.6 is 0 Å². The van der Waals surface area contributed by atoms with Gasteiger partial charge in [0.2, 0.25) is 5.91 Å². The number of nitrogens with zero attached hydrogens (tertiary/aromatic N) is 1. The third-order valence-electron chi connectivity index (χ3n) is 3.78. The highest BCUT2D eigenvalue weighted by atomic mass is 32.2. The van der Waals surface area contributed by atoms with Crippen LogP contribution in [0.5, 0.6) is 0 Å². The van der Waals surface area contributed by atoms with Gasteiger partial charge in [0.25, 0.3) is 0 Å². The van der Waals surface area contributed by atoms with Gasteiger partial charge in [-0.1, -0.05) is 0 Å². The summed E-state index contributed by atoms with van der Waals surface area (Å²) in [7, 11) is -3.10. The third kappa shape index (κ3) is 3.06. The Balaban J connectivity index is 1.94. The maximum absolute atomic E-state index is 12.2. The molecule has 0 N–H and O–H groups in total. The van der Waals surface area contributed by atoms with Gasteiger partial charge in [-0.05, 0) is 32.9 Å². The summed E-state index contributed by atoms with van der Waals surface area (Å²) in [6.07, 6.45) is 0.902. The Labute approximate surface area is 119 Å². The number of furan rings is 1. The first-order valence-corrected chi connectivity index (χ1v) is 8.42. The van der Waals surface area contributed by atoms with E-state index in [0.717, 1.165) is 11.5 Å². The number of sulfone groups is 1. The lowest BCUT2D eigenvalue weighted by atomic mass is 10.1. The van der Waals surface area contributed by atoms with Gasteiger partial charge in [0.05, 0.1) is 10.5 Å². The molecule has 20 heavy (non-hydrogen) atoms. The maximum atomic E-state index is 12.2. The van der Waals surface area contributed by atoms with Crippen molar-refractivity contribution >= 4 is 15.7 Å². The van der Waals surface area contributed by atoms with Gasteiger partial charge >= 0.3 is 0 Å². The lowest BCUT2D eigenvalue weighted by molar-refractivity contribution is -0.131. The SMILES string of the molecule is Cc1ccc(CCC(=O)N2CCS(=O)(=O)C(C)(C)C2)o1. The number of aryl methyl sites for hydroxylation is 2. The molecule has 0 bridgehead atoms. The molecule has 0 unspecified atom stereocenters. The molecule has 5 nitrogen and oxygen atoms in total. The van der Waals surface area contributed by atoms with Crippen LogP contribution in [-0.4, -0.2) is 42.8 Å². The number of hydrogen-bond acceptors (Lipinski definition) is 4. The molecule has 112 valence electrons. The molecule has 2 rings (SSSR count). The van der Waals surface area contributed by atoms with Gasteiger partial charge in [-0.3, -0.25) is 4.79 Å². The molecule has 1 saturated heterocycles. The molecule has 1 fully saturated rings. The molecule has 1 aromatic rings. The van der Waals surface area contributed by atoms with Gasteiger partial charge in [0.15, 0.2) is 9.84 Å². The zero-order valence-corrected chi connectivity index (χ0v) is 13.0. The van der Waals surface area contributed by atoms with E-state index in [4.69, 9.17) is 4.42 Å². The van der Waals surface area contributed by atoms with Crippen LogP contribution < -0.4 is 0 Å². The topological polar surface area (TPSA) is 67.6 Å². The summed E-state index contributed by atoms with van der Waals surface area (Å²) in [5, 5.41) is 0. The van der Waals surface area contributed by atoms with Gasteiger partial charge in [-0.25, -0.2) is 8.42 Å². The zero-order chi connectivity index (χ0) is 15.0. The summed E-state index contributed by atoms with van der Waals surface area (Å²) in [4.78, 5) is 13.8. The summed E-state index contributed by atoms with van der Waals surface area (Å²) in [6.45, 7) is 5.78. The highest BCUT2D eigenvalue weighted by molar-refractivity contribution is 7.92. The van der Waals surface area contributed by atoms with Crippen LogP contribution in [0.1, 0.15) is 31.8 Å². The van der Waals surface area contributed by atoms with Crippen molar-refractivity contribution in [3.8, 4) is 0 Å². The predicted molar refractivity (Wildman–Crippen MR) is 76.2 cm³/mol. The smallest absolute Gasteiger partial charge is 0.223 e. The lowest BCUT2D eigenvalue weighted by Gasteiger charge is -2.37. The maximum Gasteiger partial charge on any atom is 0.223 e. The largest absolute Gasteiger partial charge is 0.466 e. The average Bonchev–Trinajstić information content (AvgIpc) is 2.76. The van der Waals surface area contributed by atoms with Gasteiger partial charge < -0.3 is 9.32 Å². The zero-order valence-electron chi connectivity index (χ0n) is 12.2. The van der Waals surface area contributed by atoms with E-state index in [0.29, 0.717) is 19.4 Å². The normalized spacial score (nSPS) is 20.9. The first-order chi connectivity index (χ1) is 9.21. The third-order valence-corrected chi connectivity index (χ3v) is 6.31. The summed E-state index contributed by atoms with van der Waals surface area (Å²) < 4.78 is 28.4. The van der Waals surface area contributed by atoms with E-state index in [9.17, 15) is 13.2 Å². The van der Waals surface area contributed by atoms with E-state index in [1.54, 1.807) is 18.7 Å². The van der Waals surface area contributed by atoms with Crippen molar-refractivity contribution < 1.29 is 17.6 Å². The molecule has 0 aliphatic carbocycles. The second kappa shape index (κ2) is 5.24. The van der Waals surface area contributed by atoms with Gasteiger partial charge in [0.1, 0.15) is 11.5 Å². The molecule has 0 spiro atoms. The number of amides is 1. The number of carbonyl (C=O) groups is 1. The van der Waals surface area contributed by atoms with Crippen molar-refractivity contribution in [2.45, 2.75) is 38.4 Å². The van der Waals surface area contributed by atoms with Crippen LogP contribution in [0.25, 0.3) is 0 Å². The summed E-state index contributed by atoms with van der Waals surface area (Å²) in [5.41, 5.74) is 0. The minimum absolute atomic E-state index is 0.0120. The Morgan fingerprint density at radius 1 is 1.40 bits per heavy atom. The van der Waals surface area contributed by atoms with Crippen molar-refractivity contribution in [3.05, 3.63) is 23.7 Å². The van der Waals surface area contributed by atoms with Gasteiger partial charge in [-0.2, -0.15) is 0 Å². The van der Waals surface area contributed by atoms with Crippen molar-refractivity contribution in [3.63, 3.8) is 0 Å². The van der Waals surface area contributed by atoms with Gasteiger partial charge in [0, 0.05) is 25.9 Å². The second-order valence-electron chi connectivity index (χ2n) is 5.91. The van der Waals surface area contributed by atoms with E-state index in [1.807, 2.05) is 19.1 Å². The number of rotatable bonds is 3. The quantitative estimate of drug-likeness (QED) is 0.849. The van der Waals surface area contributed by atoms with Crippen LogP contribution in [0.3, 0.4) is 0 Å². The standard InChI is InChI=1S/C14H21NO4S/c1-11-4-5-12(19-11)6-7-13(16)15-8-9-20(17,18)14(2,3)10-15/h4-5H,6-10H2,1-3H3. The molecular weight excluding hydrogens is 278 g/mol. The van der Waals surface area contributed by atoms with E-state index >= 15 is 0 Å². The minimum atomic E-state index is -3.10. The molecule has 0 aromatic carbocycles. The molecule has 0 atom stereocenters. The van der Waals surface area contributed by atoms with Crippen molar-refractivity contribution in [1.82, 2.24) is 4.90 Å². The molecule has 1 aromatic heterocycles. The fraction of sp³-hybridized carbons (Fsp3) is 0.643. The molecule has 6 heteroatoms. The first-order valence-electron chi connectivity index (χ1n) is 6.77.